The van der Waals surface area contributed by atoms with E-state index in [4.69, 9.17) is 5.11 Å². The first-order chi connectivity index (χ1) is 10.1. The van der Waals surface area contributed by atoms with Gasteiger partial charge < -0.3 is 10.4 Å². The number of nitrogens with one attached hydrogen (secondary N) is 1. The predicted octanol–water partition coefficient (Wildman–Crippen LogP) is 2.73. The Labute approximate surface area is 122 Å². The Morgan fingerprint density at radius 2 is 2.10 bits per heavy atom. The van der Waals surface area contributed by atoms with Crippen LogP contribution in [0.5, 0.6) is 0 Å². The molecule has 2 aromatic rings. The molecule has 0 aliphatic carbocycles. The van der Waals surface area contributed by atoms with Gasteiger partial charge in [0, 0.05) is 16.8 Å². The molecular weight excluding hydrogens is 269 g/mol. The van der Waals surface area contributed by atoms with Crippen LogP contribution >= 0.6 is 0 Å². The van der Waals surface area contributed by atoms with Gasteiger partial charge in [0.1, 0.15) is 12.4 Å². The summed E-state index contributed by atoms with van der Waals surface area (Å²) in [5.41, 5.74) is 2.48. The molecule has 0 unspecified atom stereocenters. The van der Waals surface area contributed by atoms with E-state index in [-0.39, 0.29) is 18.1 Å². The van der Waals surface area contributed by atoms with E-state index in [0.29, 0.717) is 5.69 Å². The third kappa shape index (κ3) is 3.91. The highest BCUT2D eigenvalue weighted by atomic mass is 19.1. The second kappa shape index (κ2) is 6.69. The molecule has 0 bridgehead atoms. The third-order valence-corrected chi connectivity index (χ3v) is 2.88. The maximum atomic E-state index is 13.1. The molecule has 0 saturated carbocycles. The number of carbonyl (C=O) groups is 1. The molecule has 0 aliphatic rings. The Kier molecular flexibility index (Phi) is 4.70. The van der Waals surface area contributed by atoms with Gasteiger partial charge in [-0.1, -0.05) is 24.0 Å². The standard InChI is InChI=1S/C17H14FNO2/c1-12-7-8-16(11-13(12)5-3-9-20)19-17(21)14-4-2-6-15(18)10-14/h2,4,6-8,10-11,20H,9H2,1H3,(H,19,21). The number of aryl methyl sites for hydroxylation is 1. The second-order valence-corrected chi connectivity index (χ2v) is 4.45. The monoisotopic (exact) mass is 283 g/mol. The van der Waals surface area contributed by atoms with E-state index in [1.54, 1.807) is 18.2 Å². The molecule has 2 N–H and O–H groups in total. The number of carbonyl (C=O) groups excluding carboxylic acids is 1. The molecular formula is C17H14FNO2. The van der Waals surface area contributed by atoms with Crippen LogP contribution in [0.2, 0.25) is 0 Å². The summed E-state index contributed by atoms with van der Waals surface area (Å²) < 4.78 is 13.1. The lowest BCUT2D eigenvalue weighted by Gasteiger charge is -2.07. The average Bonchev–Trinajstić information content (AvgIpc) is 2.47. The Morgan fingerprint density at radius 1 is 1.29 bits per heavy atom. The van der Waals surface area contributed by atoms with Crippen molar-refractivity contribution in [1.29, 1.82) is 0 Å². The number of halogens is 1. The number of aliphatic hydroxyl groups excluding tert-OH is 1. The maximum absolute atomic E-state index is 13.1. The lowest BCUT2D eigenvalue weighted by atomic mass is 10.1. The Morgan fingerprint density at radius 3 is 2.81 bits per heavy atom. The smallest absolute Gasteiger partial charge is 0.255 e. The molecule has 0 aromatic heterocycles. The topological polar surface area (TPSA) is 49.3 Å². The van der Waals surface area contributed by atoms with E-state index >= 15 is 0 Å². The van der Waals surface area contributed by atoms with Gasteiger partial charge in [0.05, 0.1) is 0 Å². The molecule has 0 heterocycles. The van der Waals surface area contributed by atoms with Crippen molar-refractivity contribution in [1.82, 2.24) is 0 Å². The molecule has 0 fully saturated rings. The molecule has 21 heavy (non-hydrogen) atoms. The Bertz CT molecular complexity index is 729. The highest BCUT2D eigenvalue weighted by Crippen LogP contribution is 2.16. The zero-order valence-corrected chi connectivity index (χ0v) is 11.5. The van der Waals surface area contributed by atoms with Crippen molar-refractivity contribution in [2.75, 3.05) is 11.9 Å². The first-order valence-corrected chi connectivity index (χ1v) is 6.37. The van der Waals surface area contributed by atoms with Crippen LogP contribution in [0.25, 0.3) is 0 Å². The molecule has 3 nitrogen and oxygen atoms in total. The van der Waals surface area contributed by atoms with Gasteiger partial charge in [0.2, 0.25) is 0 Å². The van der Waals surface area contributed by atoms with Crippen LogP contribution in [0.1, 0.15) is 21.5 Å². The van der Waals surface area contributed by atoms with Crippen molar-refractivity contribution in [3.63, 3.8) is 0 Å². The zero-order valence-electron chi connectivity index (χ0n) is 11.5. The predicted molar refractivity (Wildman–Crippen MR) is 79.5 cm³/mol. The quantitative estimate of drug-likeness (QED) is 0.833. The van der Waals surface area contributed by atoms with Crippen LogP contribution in [0.3, 0.4) is 0 Å². The normalized spacial score (nSPS) is 9.67. The summed E-state index contributed by atoms with van der Waals surface area (Å²) in [5.74, 6) is 4.54. The van der Waals surface area contributed by atoms with Gasteiger partial charge in [-0.3, -0.25) is 4.79 Å². The van der Waals surface area contributed by atoms with Crippen LogP contribution in [0, 0.1) is 24.6 Å². The minimum Gasteiger partial charge on any atom is -0.384 e. The lowest BCUT2D eigenvalue weighted by Crippen LogP contribution is -2.12. The number of aliphatic hydroxyl groups is 1. The molecule has 2 aromatic carbocycles. The van der Waals surface area contributed by atoms with Crippen molar-refractivity contribution in [3.8, 4) is 11.8 Å². The van der Waals surface area contributed by atoms with Gasteiger partial charge in [-0.15, -0.1) is 0 Å². The Balaban J connectivity index is 2.21. The minimum absolute atomic E-state index is 0.223. The molecule has 0 saturated heterocycles. The first kappa shape index (κ1) is 14.8. The van der Waals surface area contributed by atoms with E-state index in [9.17, 15) is 9.18 Å². The molecule has 2 rings (SSSR count). The van der Waals surface area contributed by atoms with Gasteiger partial charge in [-0.2, -0.15) is 0 Å². The molecule has 0 radical (unpaired) electrons. The highest BCUT2D eigenvalue weighted by molar-refractivity contribution is 6.04. The van der Waals surface area contributed by atoms with Crippen molar-refractivity contribution in [2.45, 2.75) is 6.92 Å². The molecule has 0 spiro atoms. The van der Waals surface area contributed by atoms with Crippen molar-refractivity contribution >= 4 is 11.6 Å². The fourth-order valence-electron chi connectivity index (χ4n) is 1.80. The van der Waals surface area contributed by atoms with E-state index in [1.807, 2.05) is 13.0 Å². The molecule has 4 heteroatoms. The van der Waals surface area contributed by atoms with E-state index in [2.05, 4.69) is 17.2 Å². The zero-order chi connectivity index (χ0) is 15.2. The number of anilines is 1. The van der Waals surface area contributed by atoms with Gasteiger partial charge >= 0.3 is 0 Å². The van der Waals surface area contributed by atoms with Crippen LogP contribution in [-0.4, -0.2) is 17.6 Å². The largest absolute Gasteiger partial charge is 0.384 e. The fraction of sp³-hybridized carbons (Fsp3) is 0.118. The van der Waals surface area contributed by atoms with Gasteiger partial charge in [0.25, 0.3) is 5.91 Å². The second-order valence-electron chi connectivity index (χ2n) is 4.45. The summed E-state index contributed by atoms with van der Waals surface area (Å²) in [6, 6.07) is 10.8. The molecule has 106 valence electrons. The van der Waals surface area contributed by atoms with Crippen LogP contribution < -0.4 is 5.32 Å². The first-order valence-electron chi connectivity index (χ1n) is 6.37. The number of amides is 1. The summed E-state index contributed by atoms with van der Waals surface area (Å²) in [6.45, 7) is 1.67. The van der Waals surface area contributed by atoms with Crippen molar-refractivity contribution in [3.05, 3.63) is 65.0 Å². The maximum Gasteiger partial charge on any atom is 0.255 e. The summed E-state index contributed by atoms with van der Waals surface area (Å²) in [7, 11) is 0. The van der Waals surface area contributed by atoms with Gasteiger partial charge in [0.15, 0.2) is 0 Å². The van der Waals surface area contributed by atoms with E-state index in [0.717, 1.165) is 11.1 Å². The number of rotatable bonds is 2. The van der Waals surface area contributed by atoms with Crippen molar-refractivity contribution in [2.24, 2.45) is 0 Å². The number of hydrogen-bond acceptors (Lipinski definition) is 2. The summed E-state index contributed by atoms with van der Waals surface area (Å²) in [4.78, 5) is 12.0. The number of hydrogen-bond donors (Lipinski definition) is 2. The summed E-state index contributed by atoms with van der Waals surface area (Å²) in [6.07, 6.45) is 0. The third-order valence-electron chi connectivity index (χ3n) is 2.88. The molecule has 0 aliphatic heterocycles. The van der Waals surface area contributed by atoms with E-state index in [1.165, 1.54) is 18.2 Å². The average molecular weight is 283 g/mol. The lowest BCUT2D eigenvalue weighted by molar-refractivity contribution is 0.102. The van der Waals surface area contributed by atoms with E-state index < -0.39 is 5.82 Å². The van der Waals surface area contributed by atoms with Crippen molar-refractivity contribution < 1.29 is 14.3 Å². The van der Waals surface area contributed by atoms with Gasteiger partial charge in [-0.05, 0) is 42.8 Å². The van der Waals surface area contributed by atoms with Crippen LogP contribution in [-0.2, 0) is 0 Å². The highest BCUT2D eigenvalue weighted by Gasteiger charge is 2.07. The molecule has 1 amide bonds. The SMILES string of the molecule is Cc1ccc(NC(=O)c2cccc(F)c2)cc1C#CCO. The summed E-state index contributed by atoms with van der Waals surface area (Å²) >= 11 is 0. The number of benzene rings is 2. The van der Waals surface area contributed by atoms with Crippen LogP contribution in [0.15, 0.2) is 42.5 Å². The molecule has 0 atom stereocenters. The van der Waals surface area contributed by atoms with Crippen LogP contribution in [0.4, 0.5) is 10.1 Å². The Hall–Kier alpha value is -2.64. The fourth-order valence-corrected chi connectivity index (χ4v) is 1.80. The minimum atomic E-state index is -0.457. The summed E-state index contributed by atoms with van der Waals surface area (Å²) in [5, 5.41) is 11.4. The van der Waals surface area contributed by atoms with Gasteiger partial charge in [-0.25, -0.2) is 4.39 Å².